The first-order valence-electron chi connectivity index (χ1n) is 9.77. The van der Waals surface area contributed by atoms with Gasteiger partial charge in [0.25, 0.3) is 5.91 Å². The number of esters is 1. The predicted molar refractivity (Wildman–Crippen MR) is 108 cm³/mol. The smallest absolute Gasteiger partial charge is 0.337 e. The third-order valence-corrected chi connectivity index (χ3v) is 4.64. The lowest BCUT2D eigenvalue weighted by Gasteiger charge is -2.22. The van der Waals surface area contributed by atoms with E-state index >= 15 is 0 Å². The Morgan fingerprint density at radius 2 is 1.64 bits per heavy atom. The number of ether oxygens (including phenoxy) is 2. The number of benzene rings is 1. The molecule has 0 aliphatic carbocycles. The maximum atomic E-state index is 12.3. The van der Waals surface area contributed by atoms with Gasteiger partial charge in [0, 0.05) is 12.2 Å². The summed E-state index contributed by atoms with van der Waals surface area (Å²) in [6, 6.07) is 6.81. The van der Waals surface area contributed by atoms with Crippen LogP contribution in [-0.2, 0) is 19.1 Å². The minimum Gasteiger partial charge on any atom is -0.467 e. The Bertz CT molecular complexity index is 651. The normalized spacial score (nSPS) is 12.3. The van der Waals surface area contributed by atoms with Crippen molar-refractivity contribution in [2.75, 3.05) is 13.7 Å². The molecule has 1 aromatic rings. The van der Waals surface area contributed by atoms with Crippen LogP contribution in [-0.4, -0.2) is 43.0 Å². The Hall–Kier alpha value is -2.21. The molecule has 156 valence electrons. The van der Waals surface area contributed by atoms with E-state index in [0.29, 0.717) is 18.6 Å². The van der Waals surface area contributed by atoms with E-state index in [4.69, 9.17) is 9.47 Å². The van der Waals surface area contributed by atoms with E-state index in [2.05, 4.69) is 5.32 Å². The maximum absolute atomic E-state index is 12.3. The SMILES string of the molecule is COC(=O)C(C)(C)OCCCCCCC(NC(=O)c1ccc(C)cc1)C(C)=O. The summed E-state index contributed by atoms with van der Waals surface area (Å²) < 4.78 is 10.3. The van der Waals surface area contributed by atoms with Crippen molar-refractivity contribution in [1.82, 2.24) is 5.32 Å². The van der Waals surface area contributed by atoms with Crippen LogP contribution in [0.5, 0.6) is 0 Å². The van der Waals surface area contributed by atoms with Crippen molar-refractivity contribution < 1.29 is 23.9 Å². The third kappa shape index (κ3) is 8.21. The second-order valence-electron chi connectivity index (χ2n) is 7.56. The number of methoxy groups -OCH3 is 1. The molecule has 1 unspecified atom stereocenters. The molecule has 1 rings (SSSR count). The molecule has 0 radical (unpaired) electrons. The summed E-state index contributed by atoms with van der Waals surface area (Å²) in [6.07, 6.45) is 4.11. The van der Waals surface area contributed by atoms with E-state index in [-0.39, 0.29) is 17.7 Å². The summed E-state index contributed by atoms with van der Waals surface area (Å²) in [4.78, 5) is 35.7. The van der Waals surface area contributed by atoms with Gasteiger partial charge in [0.1, 0.15) is 0 Å². The Morgan fingerprint density at radius 3 is 2.21 bits per heavy atom. The molecule has 0 saturated heterocycles. The summed E-state index contributed by atoms with van der Waals surface area (Å²) in [7, 11) is 1.34. The molecule has 6 heteroatoms. The zero-order chi connectivity index (χ0) is 21.2. The highest BCUT2D eigenvalue weighted by molar-refractivity contribution is 5.97. The van der Waals surface area contributed by atoms with Gasteiger partial charge < -0.3 is 14.8 Å². The monoisotopic (exact) mass is 391 g/mol. The number of rotatable bonds is 12. The first-order chi connectivity index (χ1) is 13.2. The van der Waals surface area contributed by atoms with Gasteiger partial charge in [-0.1, -0.05) is 37.0 Å². The van der Waals surface area contributed by atoms with Gasteiger partial charge in [0.15, 0.2) is 11.4 Å². The number of unbranched alkanes of at least 4 members (excludes halogenated alkanes) is 3. The van der Waals surface area contributed by atoms with Gasteiger partial charge in [0.05, 0.1) is 13.2 Å². The molecule has 0 aliphatic rings. The lowest BCUT2D eigenvalue weighted by Crippen LogP contribution is -2.39. The average Bonchev–Trinajstić information content (AvgIpc) is 2.65. The molecular formula is C22H33NO5. The van der Waals surface area contributed by atoms with Crippen LogP contribution in [0, 0.1) is 6.92 Å². The fourth-order valence-corrected chi connectivity index (χ4v) is 2.76. The number of carbonyl (C=O) groups is 3. The van der Waals surface area contributed by atoms with Gasteiger partial charge in [-0.15, -0.1) is 0 Å². The summed E-state index contributed by atoms with van der Waals surface area (Å²) in [6.45, 7) is 7.31. The molecule has 28 heavy (non-hydrogen) atoms. The van der Waals surface area contributed by atoms with Crippen molar-refractivity contribution in [2.45, 2.75) is 71.4 Å². The van der Waals surface area contributed by atoms with E-state index in [1.54, 1.807) is 26.0 Å². The van der Waals surface area contributed by atoms with Gasteiger partial charge in [0.2, 0.25) is 0 Å². The molecular weight excluding hydrogens is 358 g/mol. The molecule has 6 nitrogen and oxygen atoms in total. The summed E-state index contributed by atoms with van der Waals surface area (Å²) in [5, 5.41) is 2.83. The topological polar surface area (TPSA) is 81.7 Å². The molecule has 1 atom stereocenters. The molecule has 0 aliphatic heterocycles. The number of hydrogen-bond acceptors (Lipinski definition) is 5. The minimum atomic E-state index is -0.936. The third-order valence-electron chi connectivity index (χ3n) is 4.64. The van der Waals surface area contributed by atoms with Crippen molar-refractivity contribution in [2.24, 2.45) is 0 Å². The highest BCUT2D eigenvalue weighted by atomic mass is 16.6. The van der Waals surface area contributed by atoms with Gasteiger partial charge in [-0.05, 0) is 52.7 Å². The molecule has 0 fully saturated rings. The van der Waals surface area contributed by atoms with Crippen molar-refractivity contribution in [1.29, 1.82) is 0 Å². The van der Waals surface area contributed by atoms with Gasteiger partial charge in [-0.3, -0.25) is 9.59 Å². The van der Waals surface area contributed by atoms with Crippen LogP contribution in [0.25, 0.3) is 0 Å². The largest absolute Gasteiger partial charge is 0.467 e. The zero-order valence-electron chi connectivity index (χ0n) is 17.7. The van der Waals surface area contributed by atoms with E-state index in [9.17, 15) is 14.4 Å². The number of ketones is 1. The fourth-order valence-electron chi connectivity index (χ4n) is 2.76. The summed E-state index contributed by atoms with van der Waals surface area (Å²) in [5.74, 6) is -0.650. The number of carbonyl (C=O) groups excluding carboxylic acids is 3. The van der Waals surface area contributed by atoms with Crippen LogP contribution in [0.4, 0.5) is 0 Å². The van der Waals surface area contributed by atoms with E-state index in [1.807, 2.05) is 19.1 Å². The van der Waals surface area contributed by atoms with Crippen molar-refractivity contribution in [3.63, 3.8) is 0 Å². The zero-order valence-corrected chi connectivity index (χ0v) is 17.7. The van der Waals surface area contributed by atoms with Gasteiger partial charge in [-0.2, -0.15) is 0 Å². The van der Waals surface area contributed by atoms with Crippen LogP contribution in [0.15, 0.2) is 24.3 Å². The average molecular weight is 392 g/mol. The lowest BCUT2D eigenvalue weighted by molar-refractivity contribution is -0.165. The van der Waals surface area contributed by atoms with Crippen LogP contribution in [0.2, 0.25) is 0 Å². The summed E-state index contributed by atoms with van der Waals surface area (Å²) >= 11 is 0. The van der Waals surface area contributed by atoms with Crippen molar-refractivity contribution in [3.05, 3.63) is 35.4 Å². The minimum absolute atomic E-state index is 0.0383. The molecule has 0 aromatic heterocycles. The Labute approximate surface area is 168 Å². The van der Waals surface area contributed by atoms with E-state index in [0.717, 1.165) is 31.2 Å². The number of nitrogens with one attached hydrogen (secondary N) is 1. The predicted octanol–water partition coefficient (Wildman–Crippen LogP) is 3.60. The molecule has 1 N–H and O–H groups in total. The first kappa shape index (κ1) is 23.8. The van der Waals surface area contributed by atoms with E-state index < -0.39 is 11.6 Å². The highest BCUT2D eigenvalue weighted by Gasteiger charge is 2.29. The van der Waals surface area contributed by atoms with Crippen LogP contribution < -0.4 is 5.32 Å². The number of amides is 1. The van der Waals surface area contributed by atoms with Gasteiger partial charge in [-0.25, -0.2) is 4.79 Å². The fraction of sp³-hybridized carbons (Fsp3) is 0.591. The Morgan fingerprint density at radius 1 is 1.04 bits per heavy atom. The number of aryl methyl sites for hydroxylation is 1. The van der Waals surface area contributed by atoms with E-state index in [1.165, 1.54) is 14.0 Å². The van der Waals surface area contributed by atoms with Crippen LogP contribution in [0.1, 0.15) is 68.8 Å². The quantitative estimate of drug-likeness (QED) is 0.435. The lowest BCUT2D eigenvalue weighted by atomic mass is 10.0. The molecule has 0 spiro atoms. The standard InChI is InChI=1S/C22H33NO5/c1-16-11-13-18(14-12-16)20(25)23-19(17(2)24)10-8-6-7-9-15-28-22(3,4)21(26)27-5/h11-14,19H,6-10,15H2,1-5H3,(H,23,25). The molecule has 1 aromatic carbocycles. The molecule has 0 saturated carbocycles. The highest BCUT2D eigenvalue weighted by Crippen LogP contribution is 2.14. The second-order valence-corrected chi connectivity index (χ2v) is 7.56. The molecule has 0 heterocycles. The Balaban J connectivity index is 2.30. The molecule has 1 amide bonds. The van der Waals surface area contributed by atoms with Crippen LogP contribution >= 0.6 is 0 Å². The molecule has 0 bridgehead atoms. The van der Waals surface area contributed by atoms with Crippen LogP contribution in [0.3, 0.4) is 0 Å². The number of Topliss-reactive ketones (excluding diaryl/α,β-unsaturated/α-hetero) is 1. The number of hydrogen-bond donors (Lipinski definition) is 1. The van der Waals surface area contributed by atoms with Gasteiger partial charge >= 0.3 is 5.97 Å². The second kappa shape index (κ2) is 11.6. The maximum Gasteiger partial charge on any atom is 0.337 e. The Kier molecular flexibility index (Phi) is 9.87. The van der Waals surface area contributed by atoms with Crippen molar-refractivity contribution in [3.8, 4) is 0 Å². The van der Waals surface area contributed by atoms with Crippen molar-refractivity contribution >= 4 is 17.7 Å². The first-order valence-corrected chi connectivity index (χ1v) is 9.77. The summed E-state index contributed by atoms with van der Waals surface area (Å²) in [5.41, 5.74) is 0.704.